The van der Waals surface area contributed by atoms with E-state index in [1.165, 1.54) is 32.0 Å². The van der Waals surface area contributed by atoms with Crippen LogP contribution in [0.5, 0.6) is 5.75 Å². The van der Waals surface area contributed by atoms with Crippen molar-refractivity contribution in [1.29, 1.82) is 0 Å². The largest absolute Gasteiger partial charge is 0.497 e. The van der Waals surface area contributed by atoms with Crippen LogP contribution >= 0.6 is 0 Å². The van der Waals surface area contributed by atoms with Gasteiger partial charge in [0.1, 0.15) is 12.0 Å². The molecule has 0 aromatic heterocycles. The zero-order chi connectivity index (χ0) is 16.1. The highest BCUT2D eigenvalue weighted by Gasteiger charge is 2.38. The van der Waals surface area contributed by atoms with Crippen LogP contribution in [0.3, 0.4) is 0 Å². The van der Waals surface area contributed by atoms with Crippen molar-refractivity contribution in [2.24, 2.45) is 29.4 Å². The summed E-state index contributed by atoms with van der Waals surface area (Å²) in [6, 6.07) is 8.04. The summed E-state index contributed by atoms with van der Waals surface area (Å²) in [4.78, 5) is 10.4. The molecule has 0 aliphatic heterocycles. The van der Waals surface area contributed by atoms with E-state index in [0.29, 0.717) is 11.8 Å². The van der Waals surface area contributed by atoms with Gasteiger partial charge in [-0.2, -0.15) is 0 Å². The molecule has 2 aliphatic carbocycles. The quantitative estimate of drug-likeness (QED) is 0.856. The molecule has 1 aromatic carbocycles. The number of hydrogen-bond donors (Lipinski definition) is 1. The van der Waals surface area contributed by atoms with Crippen LogP contribution in [-0.2, 0) is 4.79 Å². The summed E-state index contributed by atoms with van der Waals surface area (Å²) in [6.07, 6.45) is 6.45. The number of hydrogen-bond acceptors (Lipinski definition) is 3. The second kappa shape index (κ2) is 7.77. The molecule has 3 heteroatoms. The Morgan fingerprint density at radius 2 is 1.86 bits per heavy atom. The monoisotopic (exact) mass is 303 g/mol. The predicted octanol–water partition coefficient (Wildman–Crippen LogP) is 3.97. The number of aldehydes is 1. The zero-order valence-corrected chi connectivity index (χ0v) is 14.0. The van der Waals surface area contributed by atoms with Gasteiger partial charge >= 0.3 is 0 Å². The fourth-order valence-corrected chi connectivity index (χ4v) is 3.67. The Hall–Kier alpha value is -1.35. The SMILES string of the molecule is COc1ccc(C(N)C(C)C)cc1.O=CC1CC2CCC1C2. The van der Waals surface area contributed by atoms with Crippen LogP contribution in [0.4, 0.5) is 0 Å². The van der Waals surface area contributed by atoms with Crippen LogP contribution in [0.1, 0.15) is 51.1 Å². The highest BCUT2D eigenvalue weighted by Crippen LogP contribution is 2.47. The molecule has 122 valence electrons. The topological polar surface area (TPSA) is 52.3 Å². The first-order valence-electron chi connectivity index (χ1n) is 8.40. The van der Waals surface area contributed by atoms with Gasteiger partial charge in [0.05, 0.1) is 7.11 Å². The average molecular weight is 303 g/mol. The predicted molar refractivity (Wildman–Crippen MR) is 89.8 cm³/mol. The smallest absolute Gasteiger partial charge is 0.123 e. The molecule has 3 rings (SSSR count). The molecule has 4 atom stereocenters. The van der Waals surface area contributed by atoms with Crippen molar-refractivity contribution in [3.63, 3.8) is 0 Å². The van der Waals surface area contributed by atoms with E-state index in [2.05, 4.69) is 13.8 Å². The molecule has 2 bridgehead atoms. The van der Waals surface area contributed by atoms with Crippen molar-refractivity contribution in [2.45, 2.75) is 45.6 Å². The lowest BCUT2D eigenvalue weighted by Crippen LogP contribution is -2.16. The Morgan fingerprint density at radius 3 is 2.23 bits per heavy atom. The molecule has 2 fully saturated rings. The summed E-state index contributed by atoms with van der Waals surface area (Å²) in [5.41, 5.74) is 7.15. The van der Waals surface area contributed by atoms with Crippen LogP contribution in [0, 0.1) is 23.7 Å². The Morgan fingerprint density at radius 1 is 1.18 bits per heavy atom. The molecule has 1 aromatic rings. The van der Waals surface area contributed by atoms with Crippen LogP contribution in [0.25, 0.3) is 0 Å². The number of ether oxygens (including phenoxy) is 1. The Bertz CT molecular complexity index is 469. The lowest BCUT2D eigenvalue weighted by atomic mass is 9.90. The lowest BCUT2D eigenvalue weighted by Gasteiger charge is -2.15. The van der Waals surface area contributed by atoms with Crippen LogP contribution in [-0.4, -0.2) is 13.4 Å². The van der Waals surface area contributed by atoms with E-state index >= 15 is 0 Å². The standard InChI is InChI=1S/C11H17NO.C8H12O/c1-8(2)11(12)9-4-6-10(13-3)7-5-9;9-5-8-4-6-1-2-7(8)3-6/h4-8,11H,12H2,1-3H3;5-8H,1-4H2. The van der Waals surface area contributed by atoms with Gasteiger partial charge < -0.3 is 15.3 Å². The van der Waals surface area contributed by atoms with Crippen LogP contribution in [0.2, 0.25) is 0 Å². The van der Waals surface area contributed by atoms with Gasteiger partial charge in [0.25, 0.3) is 0 Å². The second-order valence-corrected chi connectivity index (χ2v) is 7.02. The van der Waals surface area contributed by atoms with Crippen LogP contribution in [0.15, 0.2) is 24.3 Å². The molecule has 0 spiro atoms. The number of nitrogens with two attached hydrogens (primary N) is 1. The molecule has 0 radical (unpaired) electrons. The summed E-state index contributed by atoms with van der Waals surface area (Å²) in [5, 5.41) is 0. The Balaban J connectivity index is 0.000000170. The molecular weight excluding hydrogens is 274 g/mol. The zero-order valence-electron chi connectivity index (χ0n) is 14.0. The van der Waals surface area contributed by atoms with E-state index in [1.807, 2.05) is 24.3 Å². The van der Waals surface area contributed by atoms with Crippen molar-refractivity contribution >= 4 is 6.29 Å². The van der Waals surface area contributed by atoms with Crippen molar-refractivity contribution in [3.05, 3.63) is 29.8 Å². The fourth-order valence-electron chi connectivity index (χ4n) is 3.67. The minimum Gasteiger partial charge on any atom is -0.497 e. The van der Waals surface area contributed by atoms with Gasteiger partial charge in [0, 0.05) is 12.0 Å². The first kappa shape index (κ1) is 17.0. The van der Waals surface area contributed by atoms with Crippen molar-refractivity contribution < 1.29 is 9.53 Å². The molecule has 0 amide bonds. The van der Waals surface area contributed by atoms with E-state index in [0.717, 1.165) is 23.1 Å². The fraction of sp³-hybridized carbons (Fsp3) is 0.632. The average Bonchev–Trinajstić information content (AvgIpc) is 3.17. The maximum Gasteiger partial charge on any atom is 0.123 e. The van der Waals surface area contributed by atoms with Gasteiger partial charge in [-0.15, -0.1) is 0 Å². The lowest BCUT2D eigenvalue weighted by molar-refractivity contribution is -0.112. The number of methoxy groups -OCH3 is 1. The number of rotatable bonds is 4. The van der Waals surface area contributed by atoms with E-state index in [1.54, 1.807) is 7.11 Å². The van der Waals surface area contributed by atoms with E-state index < -0.39 is 0 Å². The van der Waals surface area contributed by atoms with E-state index in [4.69, 9.17) is 10.5 Å². The third-order valence-corrected chi connectivity index (χ3v) is 5.19. The summed E-state index contributed by atoms with van der Waals surface area (Å²) >= 11 is 0. The Labute approximate surface area is 134 Å². The number of benzene rings is 1. The minimum absolute atomic E-state index is 0.117. The number of carbonyl (C=O) groups is 1. The third kappa shape index (κ3) is 4.10. The van der Waals surface area contributed by atoms with Crippen LogP contribution < -0.4 is 10.5 Å². The molecule has 3 nitrogen and oxygen atoms in total. The Kier molecular flexibility index (Phi) is 6.01. The molecule has 2 N–H and O–H groups in total. The maximum atomic E-state index is 10.4. The van der Waals surface area contributed by atoms with Crippen molar-refractivity contribution in [1.82, 2.24) is 0 Å². The molecule has 2 aliphatic rings. The normalized spacial score (nSPS) is 27.2. The summed E-state index contributed by atoms with van der Waals surface area (Å²) in [6.45, 7) is 4.24. The minimum atomic E-state index is 0.117. The number of carbonyl (C=O) groups excluding carboxylic acids is 1. The van der Waals surface area contributed by atoms with Gasteiger partial charge in [-0.05, 0) is 54.7 Å². The molecule has 22 heavy (non-hydrogen) atoms. The summed E-state index contributed by atoms with van der Waals surface area (Å²) in [7, 11) is 1.66. The first-order chi connectivity index (χ1) is 10.5. The van der Waals surface area contributed by atoms with Crippen molar-refractivity contribution in [2.75, 3.05) is 7.11 Å². The molecule has 0 heterocycles. The highest BCUT2D eigenvalue weighted by molar-refractivity contribution is 5.55. The summed E-state index contributed by atoms with van der Waals surface area (Å²) in [5.74, 6) is 3.49. The summed E-state index contributed by atoms with van der Waals surface area (Å²) < 4.78 is 5.07. The van der Waals surface area contributed by atoms with Gasteiger partial charge in [-0.3, -0.25) is 0 Å². The molecular formula is C19H29NO2. The van der Waals surface area contributed by atoms with E-state index in [-0.39, 0.29) is 6.04 Å². The van der Waals surface area contributed by atoms with Crippen molar-refractivity contribution in [3.8, 4) is 5.75 Å². The highest BCUT2D eigenvalue weighted by atomic mass is 16.5. The van der Waals surface area contributed by atoms with Gasteiger partial charge in [0.2, 0.25) is 0 Å². The molecule has 0 saturated heterocycles. The first-order valence-corrected chi connectivity index (χ1v) is 8.40. The van der Waals surface area contributed by atoms with E-state index in [9.17, 15) is 4.79 Å². The second-order valence-electron chi connectivity index (χ2n) is 7.02. The van der Waals surface area contributed by atoms with Gasteiger partial charge in [0.15, 0.2) is 0 Å². The van der Waals surface area contributed by atoms with Gasteiger partial charge in [-0.1, -0.05) is 32.4 Å². The molecule has 2 saturated carbocycles. The molecule has 4 unspecified atom stereocenters. The van der Waals surface area contributed by atoms with Gasteiger partial charge in [-0.25, -0.2) is 0 Å². The number of fused-ring (bicyclic) bond motifs is 2. The third-order valence-electron chi connectivity index (χ3n) is 5.19. The maximum absolute atomic E-state index is 10.4.